The molecular formula is C9H17FO2. The first-order valence-electron chi connectivity index (χ1n) is 4.55. The second-order valence-electron chi connectivity index (χ2n) is 3.64. The van der Waals surface area contributed by atoms with Crippen LogP contribution in [0.15, 0.2) is 0 Å². The van der Waals surface area contributed by atoms with Gasteiger partial charge >= 0.3 is 0 Å². The first-order chi connectivity index (χ1) is 5.57. The standard InChI is InChI=1S/C9H17FO2/c1-4-7-5(2)6(3)8(10)9(11)12-7/h5-9,11H,4H2,1-3H3/i10-1. The quantitative estimate of drug-likeness (QED) is 0.657. The summed E-state index contributed by atoms with van der Waals surface area (Å²) in [5, 5.41) is 9.17. The zero-order chi connectivity index (χ0) is 9.30. The van der Waals surface area contributed by atoms with E-state index in [4.69, 9.17) is 4.74 Å². The second kappa shape index (κ2) is 3.71. The summed E-state index contributed by atoms with van der Waals surface area (Å²) in [5.41, 5.74) is 0. The molecule has 0 bridgehead atoms. The molecule has 0 amide bonds. The van der Waals surface area contributed by atoms with Gasteiger partial charge < -0.3 is 9.84 Å². The van der Waals surface area contributed by atoms with E-state index in [2.05, 4.69) is 0 Å². The van der Waals surface area contributed by atoms with Gasteiger partial charge in [-0.1, -0.05) is 20.8 Å². The van der Waals surface area contributed by atoms with Gasteiger partial charge in [0.15, 0.2) is 12.5 Å². The maximum atomic E-state index is 13.2. The van der Waals surface area contributed by atoms with Crippen molar-refractivity contribution in [3.05, 3.63) is 0 Å². The fourth-order valence-corrected chi connectivity index (χ4v) is 1.73. The highest BCUT2D eigenvalue weighted by Gasteiger charge is 2.39. The highest BCUT2D eigenvalue weighted by molar-refractivity contribution is 4.83. The number of halogens is 1. The Morgan fingerprint density at radius 2 is 1.92 bits per heavy atom. The molecule has 3 heteroatoms. The lowest BCUT2D eigenvalue weighted by atomic mass is 9.83. The zero-order valence-electron chi connectivity index (χ0n) is 7.83. The van der Waals surface area contributed by atoms with Gasteiger partial charge in [0.05, 0.1) is 6.10 Å². The molecule has 72 valence electrons. The monoisotopic (exact) mass is 175 g/mol. The fraction of sp³-hybridized carbons (Fsp3) is 1.00. The molecule has 0 radical (unpaired) electrons. The van der Waals surface area contributed by atoms with E-state index < -0.39 is 12.5 Å². The SMILES string of the molecule is CCC1OC(O)C([18F])C(C)C1C. The van der Waals surface area contributed by atoms with Gasteiger partial charge in [-0.25, -0.2) is 4.39 Å². The molecule has 1 rings (SSSR count). The maximum absolute atomic E-state index is 13.2. The largest absolute Gasteiger partial charge is 0.366 e. The van der Waals surface area contributed by atoms with Gasteiger partial charge in [-0.05, 0) is 18.3 Å². The molecule has 5 atom stereocenters. The molecule has 0 aromatic rings. The van der Waals surface area contributed by atoms with Crippen LogP contribution in [0.25, 0.3) is 0 Å². The molecule has 0 aromatic heterocycles. The van der Waals surface area contributed by atoms with Gasteiger partial charge in [-0.2, -0.15) is 0 Å². The van der Waals surface area contributed by atoms with Crippen LogP contribution in [-0.2, 0) is 4.74 Å². The molecule has 1 fully saturated rings. The number of aliphatic hydroxyl groups is 1. The Labute approximate surface area is 72.7 Å². The van der Waals surface area contributed by atoms with E-state index in [0.29, 0.717) is 0 Å². The Hall–Kier alpha value is -0.150. The Bertz CT molecular complexity index is 147. The van der Waals surface area contributed by atoms with Crippen LogP contribution in [0.2, 0.25) is 0 Å². The minimum absolute atomic E-state index is 0.00185. The van der Waals surface area contributed by atoms with E-state index in [-0.39, 0.29) is 17.9 Å². The summed E-state index contributed by atoms with van der Waals surface area (Å²) in [5.74, 6) is 0.0760. The maximum Gasteiger partial charge on any atom is 0.186 e. The van der Waals surface area contributed by atoms with Crippen molar-refractivity contribution in [2.45, 2.75) is 45.8 Å². The molecular weight excluding hydrogens is 158 g/mol. The lowest BCUT2D eigenvalue weighted by molar-refractivity contribution is -0.231. The smallest absolute Gasteiger partial charge is 0.186 e. The second-order valence-corrected chi connectivity index (χ2v) is 3.64. The minimum atomic E-state index is -1.23. The molecule has 0 spiro atoms. The van der Waals surface area contributed by atoms with Gasteiger partial charge in [0.25, 0.3) is 0 Å². The molecule has 1 saturated heterocycles. The lowest BCUT2D eigenvalue weighted by Gasteiger charge is -2.39. The van der Waals surface area contributed by atoms with Crippen molar-refractivity contribution in [3.8, 4) is 0 Å². The van der Waals surface area contributed by atoms with Gasteiger partial charge in [-0.15, -0.1) is 0 Å². The van der Waals surface area contributed by atoms with E-state index in [1.807, 2.05) is 20.8 Å². The van der Waals surface area contributed by atoms with Crippen molar-refractivity contribution in [3.63, 3.8) is 0 Å². The van der Waals surface area contributed by atoms with Crippen molar-refractivity contribution in [2.75, 3.05) is 0 Å². The first kappa shape index (κ1) is 9.93. The summed E-state index contributed by atoms with van der Waals surface area (Å²) in [6, 6.07) is 0. The summed E-state index contributed by atoms with van der Waals surface area (Å²) in [6.45, 7) is 5.78. The Morgan fingerprint density at radius 1 is 1.33 bits per heavy atom. The van der Waals surface area contributed by atoms with Crippen molar-refractivity contribution in [1.82, 2.24) is 0 Å². The molecule has 2 nitrogen and oxygen atoms in total. The number of rotatable bonds is 1. The van der Waals surface area contributed by atoms with Gasteiger partial charge in [-0.3, -0.25) is 0 Å². The molecule has 0 saturated carbocycles. The van der Waals surface area contributed by atoms with Crippen LogP contribution in [-0.4, -0.2) is 23.7 Å². The van der Waals surface area contributed by atoms with Crippen LogP contribution in [0.4, 0.5) is 4.39 Å². The molecule has 0 aromatic carbocycles. The van der Waals surface area contributed by atoms with Crippen LogP contribution in [0.5, 0.6) is 0 Å². The molecule has 1 aliphatic heterocycles. The first-order valence-corrected chi connectivity index (χ1v) is 4.55. The third-order valence-electron chi connectivity index (χ3n) is 2.91. The summed E-state index contributed by atoms with van der Waals surface area (Å²) in [7, 11) is 0. The molecule has 0 aliphatic carbocycles. The number of aliphatic hydroxyl groups excluding tert-OH is 1. The highest BCUT2D eigenvalue weighted by atomic mass is 18.2. The number of ether oxygens (including phenoxy) is 1. The highest BCUT2D eigenvalue weighted by Crippen LogP contribution is 2.32. The van der Waals surface area contributed by atoms with Crippen LogP contribution in [0.1, 0.15) is 27.2 Å². The normalized spacial score (nSPS) is 49.2. The van der Waals surface area contributed by atoms with Crippen molar-refractivity contribution >= 4 is 0 Å². The summed E-state index contributed by atoms with van der Waals surface area (Å²) < 4.78 is 18.3. The topological polar surface area (TPSA) is 29.5 Å². The number of alkyl halides is 1. The molecule has 12 heavy (non-hydrogen) atoms. The number of hydrogen-bond acceptors (Lipinski definition) is 2. The van der Waals surface area contributed by atoms with Gasteiger partial charge in [0, 0.05) is 0 Å². The summed E-state index contributed by atoms with van der Waals surface area (Å²) >= 11 is 0. The van der Waals surface area contributed by atoms with Crippen molar-refractivity contribution < 1.29 is 14.2 Å². The van der Waals surface area contributed by atoms with E-state index in [0.717, 1.165) is 6.42 Å². The fourth-order valence-electron chi connectivity index (χ4n) is 1.73. The third-order valence-corrected chi connectivity index (χ3v) is 2.91. The Kier molecular flexibility index (Phi) is 3.07. The molecule has 1 aliphatic rings. The number of hydrogen-bond donors (Lipinski definition) is 1. The van der Waals surface area contributed by atoms with Crippen LogP contribution < -0.4 is 0 Å². The van der Waals surface area contributed by atoms with Crippen molar-refractivity contribution in [2.24, 2.45) is 11.8 Å². The van der Waals surface area contributed by atoms with E-state index in [1.54, 1.807) is 0 Å². The molecule has 1 N–H and O–H groups in total. The summed E-state index contributed by atoms with van der Waals surface area (Å²) in [6.07, 6.45) is -1.62. The van der Waals surface area contributed by atoms with Crippen molar-refractivity contribution in [1.29, 1.82) is 0 Å². The molecule has 1 heterocycles. The van der Waals surface area contributed by atoms with Gasteiger partial charge in [0.1, 0.15) is 0 Å². The van der Waals surface area contributed by atoms with Crippen LogP contribution in [0.3, 0.4) is 0 Å². The molecule has 5 unspecified atom stereocenters. The van der Waals surface area contributed by atoms with E-state index in [9.17, 15) is 9.50 Å². The van der Waals surface area contributed by atoms with Crippen LogP contribution in [0, 0.1) is 11.8 Å². The lowest BCUT2D eigenvalue weighted by Crippen LogP contribution is -2.46. The zero-order valence-corrected chi connectivity index (χ0v) is 7.83. The van der Waals surface area contributed by atoms with Crippen LogP contribution >= 0.6 is 0 Å². The minimum Gasteiger partial charge on any atom is -0.366 e. The predicted octanol–water partition coefficient (Wildman–Crippen LogP) is 1.72. The Morgan fingerprint density at radius 3 is 2.42 bits per heavy atom. The van der Waals surface area contributed by atoms with Gasteiger partial charge in [0.2, 0.25) is 0 Å². The van der Waals surface area contributed by atoms with E-state index in [1.165, 1.54) is 0 Å². The average molecular weight is 175 g/mol. The third kappa shape index (κ3) is 1.62. The Balaban J connectivity index is 2.63. The predicted molar refractivity (Wildman–Crippen MR) is 44.4 cm³/mol. The van der Waals surface area contributed by atoms with E-state index >= 15 is 0 Å². The average Bonchev–Trinajstić information content (AvgIpc) is 2.08. The summed E-state index contributed by atoms with van der Waals surface area (Å²) in [4.78, 5) is 0.